The van der Waals surface area contributed by atoms with Gasteiger partial charge in [0.15, 0.2) is 0 Å². The molecule has 1 aliphatic rings. The average molecular weight is 195 g/mol. The Kier molecular flexibility index (Phi) is 2.52. The molecule has 2 N–H and O–H groups in total. The van der Waals surface area contributed by atoms with Crippen molar-refractivity contribution in [2.45, 2.75) is 25.5 Å². The highest BCUT2D eigenvalue weighted by Crippen LogP contribution is 2.30. The quantitative estimate of drug-likeness (QED) is 0.741. The molecule has 2 rings (SSSR count). The first-order valence-electron chi connectivity index (χ1n) is 4.84. The van der Waals surface area contributed by atoms with Crippen molar-refractivity contribution in [2.75, 3.05) is 6.61 Å². The summed E-state index contributed by atoms with van der Waals surface area (Å²) in [6, 6.07) is 4.99. The van der Waals surface area contributed by atoms with E-state index in [1.165, 1.54) is 6.07 Å². The Balaban J connectivity index is 2.44. The molecule has 0 radical (unpaired) electrons. The third-order valence-corrected chi connectivity index (χ3v) is 2.59. The predicted molar refractivity (Wildman–Crippen MR) is 52.4 cm³/mol. The summed E-state index contributed by atoms with van der Waals surface area (Å²) in [4.78, 5) is 0. The zero-order chi connectivity index (χ0) is 10.1. The van der Waals surface area contributed by atoms with Gasteiger partial charge >= 0.3 is 0 Å². The van der Waals surface area contributed by atoms with E-state index in [0.29, 0.717) is 13.0 Å². The Morgan fingerprint density at radius 2 is 2.36 bits per heavy atom. The standard InChI is InChI=1S/C11H14FNO/c1-7(13)11-9-3-2-4-10(12)8(9)5-6-14-11/h2-4,7,11H,5-6,13H2,1H3/t7-,11-/m0/s1. The lowest BCUT2D eigenvalue weighted by molar-refractivity contribution is 0.0275. The second-order valence-electron chi connectivity index (χ2n) is 3.71. The molecular weight excluding hydrogens is 181 g/mol. The summed E-state index contributed by atoms with van der Waals surface area (Å²) in [6.07, 6.45) is 0.486. The SMILES string of the molecule is C[C@H](N)[C@@H]1OCCc2c(F)cccc21. The van der Waals surface area contributed by atoms with Crippen molar-refractivity contribution in [3.8, 4) is 0 Å². The fraction of sp³-hybridized carbons (Fsp3) is 0.455. The highest BCUT2D eigenvalue weighted by Gasteiger charge is 2.25. The maximum absolute atomic E-state index is 13.4. The Hall–Kier alpha value is -0.930. The minimum atomic E-state index is -0.158. The number of fused-ring (bicyclic) bond motifs is 1. The molecule has 1 aromatic rings. The van der Waals surface area contributed by atoms with Gasteiger partial charge in [-0.05, 0) is 30.5 Å². The van der Waals surface area contributed by atoms with E-state index in [2.05, 4.69) is 0 Å². The van der Waals surface area contributed by atoms with Gasteiger partial charge in [-0.25, -0.2) is 4.39 Å². The molecular formula is C11H14FNO. The summed E-state index contributed by atoms with van der Waals surface area (Å²) in [5, 5.41) is 0. The van der Waals surface area contributed by atoms with Crippen molar-refractivity contribution in [2.24, 2.45) is 5.73 Å². The van der Waals surface area contributed by atoms with E-state index in [0.717, 1.165) is 11.1 Å². The number of benzene rings is 1. The Bertz CT molecular complexity index is 338. The predicted octanol–water partition coefficient (Wildman–Crippen LogP) is 1.79. The lowest BCUT2D eigenvalue weighted by Gasteiger charge is -2.28. The molecule has 0 amide bonds. The van der Waals surface area contributed by atoms with Gasteiger partial charge in [-0.2, -0.15) is 0 Å². The molecule has 14 heavy (non-hydrogen) atoms. The zero-order valence-corrected chi connectivity index (χ0v) is 8.16. The van der Waals surface area contributed by atoms with Crippen LogP contribution in [-0.4, -0.2) is 12.6 Å². The number of nitrogens with two attached hydrogens (primary N) is 1. The monoisotopic (exact) mass is 195 g/mol. The van der Waals surface area contributed by atoms with E-state index < -0.39 is 0 Å². The van der Waals surface area contributed by atoms with Crippen molar-refractivity contribution in [3.05, 3.63) is 35.1 Å². The fourth-order valence-electron chi connectivity index (χ4n) is 1.92. The molecule has 1 aromatic carbocycles. The van der Waals surface area contributed by atoms with Gasteiger partial charge in [-0.15, -0.1) is 0 Å². The van der Waals surface area contributed by atoms with E-state index in [9.17, 15) is 4.39 Å². The molecule has 2 nitrogen and oxygen atoms in total. The van der Waals surface area contributed by atoms with Crippen LogP contribution < -0.4 is 5.73 Å². The molecule has 1 aliphatic heterocycles. The molecule has 0 saturated carbocycles. The van der Waals surface area contributed by atoms with Gasteiger partial charge in [0.1, 0.15) is 5.82 Å². The topological polar surface area (TPSA) is 35.2 Å². The van der Waals surface area contributed by atoms with Crippen LogP contribution in [-0.2, 0) is 11.2 Å². The third kappa shape index (κ3) is 1.53. The van der Waals surface area contributed by atoms with Crippen molar-refractivity contribution in [3.63, 3.8) is 0 Å². The van der Waals surface area contributed by atoms with Crippen LogP contribution in [0.2, 0.25) is 0 Å². The first kappa shape index (κ1) is 9.62. The van der Waals surface area contributed by atoms with Crippen molar-refractivity contribution in [1.82, 2.24) is 0 Å². The van der Waals surface area contributed by atoms with Crippen LogP contribution in [0, 0.1) is 5.82 Å². The van der Waals surface area contributed by atoms with Gasteiger partial charge in [0, 0.05) is 6.04 Å². The average Bonchev–Trinajstić information content (AvgIpc) is 2.17. The number of hydrogen-bond donors (Lipinski definition) is 1. The van der Waals surface area contributed by atoms with Crippen LogP contribution in [0.1, 0.15) is 24.2 Å². The normalized spacial score (nSPS) is 22.9. The van der Waals surface area contributed by atoms with Gasteiger partial charge in [0.25, 0.3) is 0 Å². The minimum Gasteiger partial charge on any atom is -0.372 e. The van der Waals surface area contributed by atoms with Crippen LogP contribution in [0.15, 0.2) is 18.2 Å². The highest BCUT2D eigenvalue weighted by molar-refractivity contribution is 5.33. The molecule has 76 valence electrons. The first-order valence-corrected chi connectivity index (χ1v) is 4.84. The summed E-state index contributed by atoms with van der Waals surface area (Å²) in [5.74, 6) is -0.142. The summed E-state index contributed by atoms with van der Waals surface area (Å²) >= 11 is 0. The van der Waals surface area contributed by atoms with Gasteiger partial charge in [0.2, 0.25) is 0 Å². The summed E-state index contributed by atoms with van der Waals surface area (Å²) in [6.45, 7) is 2.44. The molecule has 0 unspecified atom stereocenters. The summed E-state index contributed by atoms with van der Waals surface area (Å²) in [5.41, 5.74) is 7.46. The van der Waals surface area contributed by atoms with Crippen LogP contribution >= 0.6 is 0 Å². The first-order chi connectivity index (χ1) is 6.70. The number of hydrogen-bond acceptors (Lipinski definition) is 2. The van der Waals surface area contributed by atoms with E-state index >= 15 is 0 Å². The lowest BCUT2D eigenvalue weighted by atomic mass is 9.94. The van der Waals surface area contributed by atoms with Gasteiger partial charge in [0.05, 0.1) is 12.7 Å². The molecule has 0 bridgehead atoms. The Morgan fingerprint density at radius 1 is 1.57 bits per heavy atom. The summed E-state index contributed by atoms with van der Waals surface area (Å²) < 4.78 is 18.9. The number of rotatable bonds is 1. The van der Waals surface area contributed by atoms with E-state index in [4.69, 9.17) is 10.5 Å². The molecule has 2 atom stereocenters. The highest BCUT2D eigenvalue weighted by atomic mass is 19.1. The fourth-order valence-corrected chi connectivity index (χ4v) is 1.92. The summed E-state index contributed by atoms with van der Waals surface area (Å²) in [7, 11) is 0. The minimum absolute atomic E-state index is 0.101. The molecule has 3 heteroatoms. The van der Waals surface area contributed by atoms with Gasteiger partial charge in [-0.1, -0.05) is 12.1 Å². The molecule has 0 fully saturated rings. The van der Waals surface area contributed by atoms with Crippen molar-refractivity contribution >= 4 is 0 Å². The lowest BCUT2D eigenvalue weighted by Crippen LogP contribution is -2.31. The van der Waals surface area contributed by atoms with Crippen molar-refractivity contribution in [1.29, 1.82) is 0 Å². The molecule has 0 aliphatic carbocycles. The van der Waals surface area contributed by atoms with Crippen LogP contribution in [0.25, 0.3) is 0 Å². The largest absolute Gasteiger partial charge is 0.372 e. The van der Waals surface area contributed by atoms with Crippen LogP contribution in [0.5, 0.6) is 0 Å². The third-order valence-electron chi connectivity index (χ3n) is 2.59. The number of halogens is 1. The molecule has 1 heterocycles. The van der Waals surface area contributed by atoms with E-state index in [1.54, 1.807) is 6.07 Å². The zero-order valence-electron chi connectivity index (χ0n) is 8.16. The van der Waals surface area contributed by atoms with Gasteiger partial charge < -0.3 is 10.5 Å². The number of ether oxygens (including phenoxy) is 1. The maximum Gasteiger partial charge on any atom is 0.126 e. The Morgan fingerprint density at radius 3 is 3.07 bits per heavy atom. The molecule has 0 saturated heterocycles. The van der Waals surface area contributed by atoms with Gasteiger partial charge in [-0.3, -0.25) is 0 Å². The maximum atomic E-state index is 13.4. The van der Waals surface area contributed by atoms with E-state index in [1.807, 2.05) is 13.0 Å². The smallest absolute Gasteiger partial charge is 0.126 e. The second-order valence-corrected chi connectivity index (χ2v) is 3.71. The van der Waals surface area contributed by atoms with Crippen LogP contribution in [0.3, 0.4) is 0 Å². The van der Waals surface area contributed by atoms with Crippen LogP contribution in [0.4, 0.5) is 4.39 Å². The molecule has 0 spiro atoms. The molecule has 0 aromatic heterocycles. The van der Waals surface area contributed by atoms with E-state index in [-0.39, 0.29) is 18.0 Å². The second kappa shape index (κ2) is 3.67. The Labute approximate surface area is 82.9 Å². The van der Waals surface area contributed by atoms with Crippen molar-refractivity contribution < 1.29 is 9.13 Å².